The lowest BCUT2D eigenvalue weighted by atomic mass is 10.2. The van der Waals surface area contributed by atoms with Crippen molar-refractivity contribution < 1.29 is 39.0 Å². The molecule has 1 aliphatic heterocycles. The van der Waals surface area contributed by atoms with Crippen molar-refractivity contribution in [2.24, 2.45) is 0 Å². The molecule has 0 unspecified atom stereocenters. The molecule has 154 valence electrons. The molecule has 1 heterocycles. The van der Waals surface area contributed by atoms with E-state index >= 15 is 0 Å². The van der Waals surface area contributed by atoms with Crippen molar-refractivity contribution in [3.05, 3.63) is 17.7 Å². The Bertz CT molecular complexity index is 538. The summed E-state index contributed by atoms with van der Waals surface area (Å²) in [4.78, 5) is 2.83. The molecule has 1 atom stereocenters. The quantitative estimate of drug-likeness (QED) is 0.333. The van der Waals surface area contributed by atoms with Gasteiger partial charge in [-0.3, -0.25) is 0 Å². The molecule has 2 rings (SSSR count). The SMILES string of the molecule is COc1cc(COC[C@H](O)C[NH+]2CC[NH+](CCO)CC2)cc(OC)c1OC. The van der Waals surface area contributed by atoms with Gasteiger partial charge < -0.3 is 39.0 Å². The molecule has 27 heavy (non-hydrogen) atoms. The molecule has 1 saturated heterocycles. The summed E-state index contributed by atoms with van der Waals surface area (Å²) in [6, 6.07) is 3.70. The summed E-state index contributed by atoms with van der Waals surface area (Å²) in [6.07, 6.45) is -0.499. The molecule has 0 saturated carbocycles. The molecule has 8 nitrogen and oxygen atoms in total. The highest BCUT2D eigenvalue weighted by Gasteiger charge is 2.24. The van der Waals surface area contributed by atoms with E-state index in [1.54, 1.807) is 21.3 Å². The van der Waals surface area contributed by atoms with Gasteiger partial charge >= 0.3 is 0 Å². The van der Waals surface area contributed by atoms with Crippen molar-refractivity contribution in [3.8, 4) is 17.2 Å². The fraction of sp³-hybridized carbons (Fsp3) is 0.684. The van der Waals surface area contributed by atoms with Gasteiger partial charge in [0.25, 0.3) is 0 Å². The van der Waals surface area contributed by atoms with E-state index in [0.717, 1.165) is 38.3 Å². The molecule has 1 aromatic carbocycles. The first-order chi connectivity index (χ1) is 13.1. The zero-order valence-electron chi connectivity index (χ0n) is 16.6. The van der Waals surface area contributed by atoms with Crippen LogP contribution in [0.25, 0.3) is 0 Å². The summed E-state index contributed by atoms with van der Waals surface area (Å²) < 4.78 is 21.7. The molecule has 0 spiro atoms. The second-order valence-electron chi connectivity index (χ2n) is 6.88. The molecular weight excluding hydrogens is 352 g/mol. The summed E-state index contributed by atoms with van der Waals surface area (Å²) in [5.41, 5.74) is 0.894. The van der Waals surface area contributed by atoms with E-state index in [2.05, 4.69) is 0 Å². The van der Waals surface area contributed by atoms with Gasteiger partial charge in [0.15, 0.2) is 11.5 Å². The molecule has 8 heteroatoms. The smallest absolute Gasteiger partial charge is 0.203 e. The van der Waals surface area contributed by atoms with Crippen LogP contribution < -0.4 is 24.0 Å². The number of ether oxygens (including phenoxy) is 4. The predicted molar refractivity (Wildman–Crippen MR) is 100.0 cm³/mol. The lowest BCUT2D eigenvalue weighted by Crippen LogP contribution is -3.28. The molecule has 1 aromatic rings. The van der Waals surface area contributed by atoms with Crippen LogP contribution in [0.2, 0.25) is 0 Å². The van der Waals surface area contributed by atoms with Gasteiger partial charge in [-0.1, -0.05) is 0 Å². The van der Waals surface area contributed by atoms with Crippen LogP contribution in [0.15, 0.2) is 12.1 Å². The zero-order valence-corrected chi connectivity index (χ0v) is 16.6. The minimum Gasteiger partial charge on any atom is -0.493 e. The van der Waals surface area contributed by atoms with Crippen LogP contribution in [0.3, 0.4) is 0 Å². The van der Waals surface area contributed by atoms with Gasteiger partial charge in [0.05, 0.1) is 41.2 Å². The maximum absolute atomic E-state index is 10.3. The Morgan fingerprint density at radius 1 is 0.963 bits per heavy atom. The fourth-order valence-electron chi connectivity index (χ4n) is 3.49. The number of hydrogen-bond acceptors (Lipinski definition) is 6. The van der Waals surface area contributed by atoms with Crippen LogP contribution in [0.1, 0.15) is 5.56 Å². The number of methoxy groups -OCH3 is 3. The van der Waals surface area contributed by atoms with E-state index in [1.165, 1.54) is 9.80 Å². The fourth-order valence-corrected chi connectivity index (χ4v) is 3.49. The Kier molecular flexibility index (Phi) is 9.09. The first-order valence-electron chi connectivity index (χ1n) is 9.43. The summed E-state index contributed by atoms with van der Waals surface area (Å²) >= 11 is 0. The van der Waals surface area contributed by atoms with Gasteiger partial charge in [-0.2, -0.15) is 0 Å². The number of quaternary nitrogens is 2. The molecular formula is C19H34N2O6+2. The van der Waals surface area contributed by atoms with Crippen molar-refractivity contribution in [2.75, 3.05) is 73.8 Å². The van der Waals surface area contributed by atoms with Gasteiger partial charge in [-0.05, 0) is 17.7 Å². The van der Waals surface area contributed by atoms with E-state index in [4.69, 9.17) is 24.1 Å². The zero-order chi connectivity index (χ0) is 19.6. The Labute approximate surface area is 161 Å². The van der Waals surface area contributed by atoms with Gasteiger partial charge in [0, 0.05) is 0 Å². The maximum atomic E-state index is 10.3. The first-order valence-corrected chi connectivity index (χ1v) is 9.43. The third-order valence-electron chi connectivity index (χ3n) is 4.96. The monoisotopic (exact) mass is 386 g/mol. The highest BCUT2D eigenvalue weighted by molar-refractivity contribution is 5.53. The average Bonchev–Trinajstić information content (AvgIpc) is 2.68. The van der Waals surface area contributed by atoms with Crippen molar-refractivity contribution in [1.29, 1.82) is 0 Å². The second kappa shape index (κ2) is 11.3. The van der Waals surface area contributed by atoms with Crippen LogP contribution in [0.4, 0.5) is 0 Å². The molecule has 0 aliphatic carbocycles. The third kappa shape index (κ3) is 6.51. The van der Waals surface area contributed by atoms with Crippen LogP contribution in [0.5, 0.6) is 17.2 Å². The van der Waals surface area contributed by atoms with E-state index < -0.39 is 6.10 Å². The summed E-state index contributed by atoms with van der Waals surface area (Å²) in [5, 5.41) is 19.3. The Balaban J connectivity index is 1.77. The molecule has 0 radical (unpaired) electrons. The van der Waals surface area contributed by atoms with Gasteiger partial charge in [-0.15, -0.1) is 0 Å². The van der Waals surface area contributed by atoms with Crippen LogP contribution in [-0.4, -0.2) is 90.1 Å². The third-order valence-corrected chi connectivity index (χ3v) is 4.96. The predicted octanol–water partition coefficient (Wildman–Crippen LogP) is -2.63. The number of piperazine rings is 1. The summed E-state index contributed by atoms with van der Waals surface area (Å²) in [6.45, 7) is 6.48. The van der Waals surface area contributed by atoms with Crippen LogP contribution in [-0.2, 0) is 11.3 Å². The van der Waals surface area contributed by atoms with Gasteiger partial charge in [0.1, 0.15) is 45.4 Å². The van der Waals surface area contributed by atoms with Crippen LogP contribution >= 0.6 is 0 Å². The Morgan fingerprint density at radius 2 is 1.56 bits per heavy atom. The molecule has 4 N–H and O–H groups in total. The number of benzene rings is 1. The Hall–Kier alpha value is -1.58. The van der Waals surface area contributed by atoms with Crippen molar-refractivity contribution in [3.63, 3.8) is 0 Å². The molecule has 0 aromatic heterocycles. The summed E-state index contributed by atoms with van der Waals surface area (Å²) in [7, 11) is 4.73. The van der Waals surface area contributed by atoms with E-state index in [9.17, 15) is 5.11 Å². The minimum absolute atomic E-state index is 0.238. The highest BCUT2D eigenvalue weighted by Crippen LogP contribution is 2.38. The average molecular weight is 386 g/mol. The normalized spacial score (nSPS) is 20.9. The second-order valence-corrected chi connectivity index (χ2v) is 6.88. The number of aliphatic hydroxyl groups excluding tert-OH is 2. The largest absolute Gasteiger partial charge is 0.493 e. The van der Waals surface area contributed by atoms with Crippen molar-refractivity contribution >= 4 is 0 Å². The minimum atomic E-state index is -0.499. The van der Waals surface area contributed by atoms with Crippen molar-refractivity contribution in [1.82, 2.24) is 0 Å². The molecule has 0 amide bonds. The number of aliphatic hydroxyl groups is 2. The van der Waals surface area contributed by atoms with Crippen molar-refractivity contribution in [2.45, 2.75) is 12.7 Å². The number of nitrogens with one attached hydrogen (secondary N) is 2. The molecule has 1 aliphatic rings. The van der Waals surface area contributed by atoms with E-state index in [-0.39, 0.29) is 13.2 Å². The maximum Gasteiger partial charge on any atom is 0.203 e. The molecule has 1 fully saturated rings. The standard InChI is InChI=1S/C19H32N2O6/c1-24-17-10-15(11-18(25-2)19(17)26-3)13-27-14-16(23)12-21-6-4-20(5-7-21)8-9-22/h10-11,16,22-23H,4-9,12-14H2,1-3H3/p+2/t16-/m1/s1. The van der Waals surface area contributed by atoms with Crippen LogP contribution in [0, 0.1) is 0 Å². The van der Waals surface area contributed by atoms with Gasteiger partial charge in [0.2, 0.25) is 5.75 Å². The highest BCUT2D eigenvalue weighted by atomic mass is 16.5. The molecule has 0 bridgehead atoms. The lowest BCUT2D eigenvalue weighted by molar-refractivity contribution is -1.01. The number of hydrogen-bond donors (Lipinski definition) is 4. The topological polar surface area (TPSA) is 86.3 Å². The summed E-state index contributed by atoms with van der Waals surface area (Å²) in [5.74, 6) is 1.72. The van der Waals surface area contributed by atoms with Gasteiger partial charge in [-0.25, -0.2) is 0 Å². The van der Waals surface area contributed by atoms with E-state index in [1.807, 2.05) is 12.1 Å². The van der Waals surface area contributed by atoms with E-state index in [0.29, 0.717) is 30.4 Å². The first kappa shape index (κ1) is 21.7. The number of rotatable bonds is 11. The Morgan fingerprint density at radius 3 is 2.07 bits per heavy atom. The lowest BCUT2D eigenvalue weighted by Gasteiger charge is -2.30.